The number of carbonyl (C=O) groups is 1. The van der Waals surface area contributed by atoms with Crippen molar-refractivity contribution in [1.29, 1.82) is 0 Å². The summed E-state index contributed by atoms with van der Waals surface area (Å²) in [5, 5.41) is 3.31. The molecular weight excluding hydrogens is 454 g/mol. The van der Waals surface area contributed by atoms with Crippen LogP contribution in [-0.2, 0) is 16.1 Å². The summed E-state index contributed by atoms with van der Waals surface area (Å²) in [5.74, 6) is 0.574. The van der Waals surface area contributed by atoms with E-state index in [0.717, 1.165) is 0 Å². The van der Waals surface area contributed by atoms with Crippen molar-refractivity contribution in [2.24, 2.45) is 5.92 Å². The number of nitrogens with one attached hydrogen (secondary N) is 2. The number of anilines is 3. The van der Waals surface area contributed by atoms with Crippen molar-refractivity contribution in [3.05, 3.63) is 38.0 Å². The fraction of sp³-hybridized carbons (Fsp3) is 0.476. The standard InChI is InChI=1S/C21H28ClN5O6/c1-12(2)11-27-19(23)18(20(29)25-21(27)30)26(4-5-31-3)17(28)10-24-14-9-16-15(8-13(14)22)32-6-7-33-16/h8-9,12,24H,4-7,10-11,23H2,1-3H3,(H,25,29,30). The summed E-state index contributed by atoms with van der Waals surface area (Å²) in [6.45, 7) is 4.94. The Kier molecular flexibility index (Phi) is 7.88. The van der Waals surface area contributed by atoms with E-state index in [1.807, 2.05) is 13.8 Å². The molecule has 4 N–H and O–H groups in total. The van der Waals surface area contributed by atoms with Gasteiger partial charge in [0, 0.05) is 32.3 Å². The highest BCUT2D eigenvalue weighted by molar-refractivity contribution is 6.33. The van der Waals surface area contributed by atoms with E-state index in [1.165, 1.54) is 16.6 Å². The highest BCUT2D eigenvalue weighted by Gasteiger charge is 2.25. The number of nitrogens with zero attached hydrogens (tertiary/aromatic N) is 2. The Morgan fingerprint density at radius 3 is 2.61 bits per heavy atom. The van der Waals surface area contributed by atoms with Crippen LogP contribution >= 0.6 is 11.6 Å². The van der Waals surface area contributed by atoms with Crippen LogP contribution in [0.4, 0.5) is 17.2 Å². The van der Waals surface area contributed by atoms with Crippen molar-refractivity contribution in [3.63, 3.8) is 0 Å². The molecule has 2 aromatic rings. The second-order valence-electron chi connectivity index (χ2n) is 7.87. The molecular formula is C21H28ClN5O6. The van der Waals surface area contributed by atoms with Gasteiger partial charge < -0.3 is 30.2 Å². The Balaban J connectivity index is 1.89. The van der Waals surface area contributed by atoms with Crippen LogP contribution in [0.2, 0.25) is 5.02 Å². The highest BCUT2D eigenvalue weighted by atomic mass is 35.5. The van der Waals surface area contributed by atoms with E-state index in [-0.39, 0.29) is 43.7 Å². The topological polar surface area (TPSA) is 141 Å². The summed E-state index contributed by atoms with van der Waals surface area (Å²) >= 11 is 6.31. The van der Waals surface area contributed by atoms with Crippen LogP contribution < -0.4 is 36.7 Å². The van der Waals surface area contributed by atoms with Gasteiger partial charge in [-0.15, -0.1) is 0 Å². The fourth-order valence-electron chi connectivity index (χ4n) is 3.39. The molecule has 180 valence electrons. The molecule has 33 heavy (non-hydrogen) atoms. The second-order valence-corrected chi connectivity index (χ2v) is 8.27. The van der Waals surface area contributed by atoms with Crippen molar-refractivity contribution < 1.29 is 19.0 Å². The van der Waals surface area contributed by atoms with Gasteiger partial charge in [0.25, 0.3) is 5.56 Å². The Morgan fingerprint density at radius 1 is 1.30 bits per heavy atom. The summed E-state index contributed by atoms with van der Waals surface area (Å²) in [6, 6.07) is 3.25. The van der Waals surface area contributed by atoms with E-state index in [1.54, 1.807) is 12.1 Å². The molecule has 1 aliphatic heterocycles. The summed E-state index contributed by atoms with van der Waals surface area (Å²) < 4.78 is 17.4. The van der Waals surface area contributed by atoms with Gasteiger partial charge in [-0.1, -0.05) is 25.4 Å². The van der Waals surface area contributed by atoms with Crippen molar-refractivity contribution in [1.82, 2.24) is 9.55 Å². The zero-order chi connectivity index (χ0) is 24.1. The first-order chi connectivity index (χ1) is 15.7. The molecule has 0 radical (unpaired) electrons. The summed E-state index contributed by atoms with van der Waals surface area (Å²) in [4.78, 5) is 41.5. The van der Waals surface area contributed by atoms with E-state index in [4.69, 9.17) is 31.5 Å². The maximum absolute atomic E-state index is 13.2. The molecule has 0 fully saturated rings. The molecule has 11 nitrogen and oxygen atoms in total. The number of rotatable bonds is 9. The maximum atomic E-state index is 13.2. The van der Waals surface area contributed by atoms with Gasteiger partial charge >= 0.3 is 5.69 Å². The molecule has 12 heteroatoms. The van der Waals surface area contributed by atoms with Gasteiger partial charge in [0.1, 0.15) is 19.0 Å². The number of fused-ring (bicyclic) bond motifs is 1. The minimum absolute atomic E-state index is 0.0546. The molecule has 0 spiro atoms. The van der Waals surface area contributed by atoms with E-state index in [0.29, 0.717) is 35.4 Å². The first-order valence-corrected chi connectivity index (χ1v) is 10.9. The molecule has 1 aliphatic rings. The lowest BCUT2D eigenvalue weighted by molar-refractivity contribution is -0.117. The number of benzene rings is 1. The van der Waals surface area contributed by atoms with Gasteiger partial charge in [0.15, 0.2) is 17.2 Å². The number of nitrogens with two attached hydrogens (primary N) is 1. The van der Waals surface area contributed by atoms with Gasteiger partial charge in [-0.25, -0.2) is 4.79 Å². The number of hydrogen-bond donors (Lipinski definition) is 3. The lowest BCUT2D eigenvalue weighted by atomic mass is 10.2. The Labute approximate surface area is 195 Å². The van der Waals surface area contributed by atoms with E-state index >= 15 is 0 Å². The molecule has 0 bridgehead atoms. The van der Waals surface area contributed by atoms with Crippen LogP contribution in [0.5, 0.6) is 11.5 Å². The van der Waals surface area contributed by atoms with Crippen LogP contribution in [0.15, 0.2) is 21.7 Å². The predicted molar refractivity (Wildman–Crippen MR) is 126 cm³/mol. The van der Waals surface area contributed by atoms with Crippen molar-refractivity contribution in [2.45, 2.75) is 20.4 Å². The van der Waals surface area contributed by atoms with Crippen molar-refractivity contribution >= 4 is 34.7 Å². The third-order valence-electron chi connectivity index (χ3n) is 4.91. The number of hydrogen-bond acceptors (Lipinski definition) is 8. The summed E-state index contributed by atoms with van der Waals surface area (Å²) in [7, 11) is 1.48. The van der Waals surface area contributed by atoms with Crippen LogP contribution in [0.25, 0.3) is 0 Å². The molecule has 0 saturated heterocycles. The third kappa shape index (κ3) is 5.60. The Bertz CT molecular complexity index is 1130. The number of aromatic amines is 1. The van der Waals surface area contributed by atoms with Crippen LogP contribution in [0.3, 0.4) is 0 Å². The van der Waals surface area contributed by atoms with E-state index in [2.05, 4.69) is 10.3 Å². The predicted octanol–water partition coefficient (Wildman–Crippen LogP) is 1.29. The van der Waals surface area contributed by atoms with Crippen LogP contribution in [-0.4, -0.2) is 55.5 Å². The number of carbonyl (C=O) groups excluding carboxylic acids is 1. The Hall–Kier alpha value is -3.18. The first-order valence-electron chi connectivity index (χ1n) is 10.5. The van der Waals surface area contributed by atoms with Gasteiger partial charge in [0.05, 0.1) is 23.9 Å². The lowest BCUT2D eigenvalue weighted by Gasteiger charge is -2.25. The van der Waals surface area contributed by atoms with Crippen molar-refractivity contribution in [2.75, 3.05) is 56.0 Å². The Morgan fingerprint density at radius 2 is 1.97 bits per heavy atom. The zero-order valence-electron chi connectivity index (χ0n) is 18.8. The fourth-order valence-corrected chi connectivity index (χ4v) is 3.61. The molecule has 2 heterocycles. The third-order valence-corrected chi connectivity index (χ3v) is 5.23. The van der Waals surface area contributed by atoms with Crippen LogP contribution in [0.1, 0.15) is 13.8 Å². The number of H-pyrrole nitrogens is 1. The van der Waals surface area contributed by atoms with Crippen molar-refractivity contribution in [3.8, 4) is 11.5 Å². The number of halogens is 1. The molecule has 1 aromatic heterocycles. The lowest BCUT2D eigenvalue weighted by Crippen LogP contribution is -2.44. The van der Waals surface area contributed by atoms with Gasteiger partial charge in [-0.3, -0.25) is 19.1 Å². The molecule has 1 aromatic carbocycles. The normalized spacial score (nSPS) is 12.6. The SMILES string of the molecule is COCCN(C(=O)CNc1cc2c(cc1Cl)OCCO2)c1c(N)n(CC(C)C)c(=O)[nH]c1=O. The van der Waals surface area contributed by atoms with Crippen LogP contribution in [0, 0.1) is 5.92 Å². The summed E-state index contributed by atoms with van der Waals surface area (Å²) in [5.41, 5.74) is 5.17. The van der Waals surface area contributed by atoms with E-state index < -0.39 is 17.2 Å². The average Bonchev–Trinajstić information content (AvgIpc) is 2.76. The highest BCUT2D eigenvalue weighted by Crippen LogP contribution is 2.37. The number of ether oxygens (including phenoxy) is 3. The molecule has 0 atom stereocenters. The number of aromatic nitrogens is 2. The first kappa shape index (κ1) is 24.5. The smallest absolute Gasteiger partial charge is 0.330 e. The number of nitrogen functional groups attached to an aromatic ring is 1. The quantitative estimate of drug-likeness (QED) is 0.486. The van der Waals surface area contributed by atoms with Gasteiger partial charge in [0.2, 0.25) is 5.91 Å². The van der Waals surface area contributed by atoms with Gasteiger partial charge in [-0.2, -0.15) is 0 Å². The molecule has 3 rings (SSSR count). The molecule has 0 saturated carbocycles. The number of amides is 1. The second kappa shape index (κ2) is 10.6. The average molecular weight is 482 g/mol. The molecule has 0 aliphatic carbocycles. The summed E-state index contributed by atoms with van der Waals surface area (Å²) in [6.07, 6.45) is 0. The zero-order valence-corrected chi connectivity index (χ0v) is 19.5. The van der Waals surface area contributed by atoms with Gasteiger partial charge in [-0.05, 0) is 5.92 Å². The monoisotopic (exact) mass is 481 g/mol. The molecule has 1 amide bonds. The largest absolute Gasteiger partial charge is 0.486 e. The van der Waals surface area contributed by atoms with E-state index in [9.17, 15) is 14.4 Å². The molecule has 0 unspecified atom stereocenters. The number of methoxy groups -OCH3 is 1. The maximum Gasteiger partial charge on any atom is 0.330 e. The minimum atomic E-state index is -0.751. The minimum Gasteiger partial charge on any atom is -0.486 e.